The van der Waals surface area contributed by atoms with Gasteiger partial charge >= 0.3 is 0 Å². The Morgan fingerprint density at radius 2 is 2.05 bits per heavy atom. The molecule has 1 aliphatic rings. The summed E-state index contributed by atoms with van der Waals surface area (Å²) < 4.78 is 0. The molecule has 5 heteroatoms. The van der Waals surface area contributed by atoms with Crippen molar-refractivity contribution in [3.05, 3.63) is 47.8 Å². The van der Waals surface area contributed by atoms with Gasteiger partial charge in [-0.05, 0) is 17.5 Å². The zero-order valence-electron chi connectivity index (χ0n) is 11.4. The molecule has 1 aliphatic heterocycles. The average Bonchev–Trinajstić information content (AvgIpc) is 2.53. The van der Waals surface area contributed by atoms with E-state index in [1.807, 2.05) is 6.07 Å². The lowest BCUT2D eigenvalue weighted by Gasteiger charge is -2.29. The van der Waals surface area contributed by atoms with E-state index >= 15 is 0 Å². The Hall–Kier alpha value is -2.14. The van der Waals surface area contributed by atoms with Crippen molar-refractivity contribution in [2.75, 3.05) is 29.9 Å². The van der Waals surface area contributed by atoms with Gasteiger partial charge in [0, 0.05) is 32.2 Å². The highest BCUT2D eigenvalue weighted by molar-refractivity contribution is 5.50. The van der Waals surface area contributed by atoms with E-state index in [0.29, 0.717) is 6.54 Å². The molecular formula is C15H19N5. The fourth-order valence-electron chi connectivity index (χ4n) is 2.51. The first kappa shape index (κ1) is 12.9. The number of nitrogens with zero attached hydrogens (tertiary/aromatic N) is 3. The average molecular weight is 269 g/mol. The summed E-state index contributed by atoms with van der Waals surface area (Å²) in [5.41, 5.74) is 8.32. The van der Waals surface area contributed by atoms with E-state index in [4.69, 9.17) is 5.73 Å². The minimum Gasteiger partial charge on any atom is -0.369 e. The largest absolute Gasteiger partial charge is 0.369 e. The van der Waals surface area contributed by atoms with Crippen LogP contribution in [0.3, 0.4) is 0 Å². The molecule has 0 fully saturated rings. The Morgan fingerprint density at radius 3 is 2.90 bits per heavy atom. The fourth-order valence-corrected chi connectivity index (χ4v) is 2.51. The van der Waals surface area contributed by atoms with E-state index in [9.17, 15) is 0 Å². The number of fused-ring (bicyclic) bond motifs is 1. The number of anilines is 2. The van der Waals surface area contributed by atoms with Gasteiger partial charge in [0.15, 0.2) is 0 Å². The van der Waals surface area contributed by atoms with Gasteiger partial charge in [0.1, 0.15) is 18.0 Å². The maximum atomic E-state index is 5.49. The Labute approximate surface area is 118 Å². The molecule has 0 bridgehead atoms. The molecule has 0 aliphatic carbocycles. The molecule has 0 atom stereocenters. The van der Waals surface area contributed by atoms with Crippen LogP contribution in [0.4, 0.5) is 11.6 Å². The van der Waals surface area contributed by atoms with Crippen LogP contribution in [0.1, 0.15) is 11.1 Å². The molecule has 5 nitrogen and oxygen atoms in total. The van der Waals surface area contributed by atoms with Gasteiger partial charge in [-0.25, -0.2) is 9.97 Å². The second-order valence-electron chi connectivity index (χ2n) is 4.92. The number of aromatic nitrogens is 2. The molecule has 104 valence electrons. The SMILES string of the molecule is NCCNc1cc(N2CCc3ccccc3C2)ncn1. The van der Waals surface area contributed by atoms with Gasteiger partial charge in [0.05, 0.1) is 0 Å². The second-order valence-corrected chi connectivity index (χ2v) is 4.92. The molecule has 2 aromatic rings. The molecule has 20 heavy (non-hydrogen) atoms. The van der Waals surface area contributed by atoms with Gasteiger partial charge in [0.2, 0.25) is 0 Å². The molecule has 0 amide bonds. The van der Waals surface area contributed by atoms with Crippen molar-refractivity contribution in [1.29, 1.82) is 0 Å². The van der Waals surface area contributed by atoms with Crippen molar-refractivity contribution >= 4 is 11.6 Å². The van der Waals surface area contributed by atoms with E-state index in [2.05, 4.69) is 44.5 Å². The van der Waals surface area contributed by atoms with Crippen LogP contribution in [0.2, 0.25) is 0 Å². The number of nitrogens with one attached hydrogen (secondary N) is 1. The summed E-state index contributed by atoms with van der Waals surface area (Å²) in [7, 11) is 0. The number of hydrogen-bond donors (Lipinski definition) is 2. The van der Waals surface area contributed by atoms with Gasteiger partial charge in [-0.15, -0.1) is 0 Å². The van der Waals surface area contributed by atoms with Gasteiger partial charge in [-0.1, -0.05) is 24.3 Å². The first-order valence-electron chi connectivity index (χ1n) is 6.94. The molecule has 3 N–H and O–H groups in total. The highest BCUT2D eigenvalue weighted by atomic mass is 15.2. The van der Waals surface area contributed by atoms with E-state index in [0.717, 1.165) is 37.7 Å². The zero-order chi connectivity index (χ0) is 13.8. The zero-order valence-corrected chi connectivity index (χ0v) is 11.4. The minimum absolute atomic E-state index is 0.594. The molecule has 0 saturated heterocycles. The predicted molar refractivity (Wildman–Crippen MR) is 80.8 cm³/mol. The van der Waals surface area contributed by atoms with Crippen molar-refractivity contribution in [3.63, 3.8) is 0 Å². The number of rotatable bonds is 4. The molecule has 0 saturated carbocycles. The molecule has 3 rings (SSSR count). The lowest BCUT2D eigenvalue weighted by molar-refractivity contribution is 0.719. The third-order valence-electron chi connectivity index (χ3n) is 3.56. The molecule has 0 radical (unpaired) electrons. The van der Waals surface area contributed by atoms with Crippen LogP contribution in [0.5, 0.6) is 0 Å². The van der Waals surface area contributed by atoms with Crippen molar-refractivity contribution in [2.24, 2.45) is 5.73 Å². The van der Waals surface area contributed by atoms with E-state index in [1.54, 1.807) is 6.33 Å². The predicted octanol–water partition coefficient (Wildman–Crippen LogP) is 1.41. The van der Waals surface area contributed by atoms with Crippen LogP contribution in [0.25, 0.3) is 0 Å². The van der Waals surface area contributed by atoms with Crippen molar-refractivity contribution in [3.8, 4) is 0 Å². The summed E-state index contributed by atoms with van der Waals surface area (Å²) in [6.07, 6.45) is 2.67. The summed E-state index contributed by atoms with van der Waals surface area (Å²) in [6, 6.07) is 10.6. The monoisotopic (exact) mass is 269 g/mol. The summed E-state index contributed by atoms with van der Waals surface area (Å²) in [5.74, 6) is 1.80. The van der Waals surface area contributed by atoms with Crippen LogP contribution in [-0.4, -0.2) is 29.6 Å². The highest BCUT2D eigenvalue weighted by Crippen LogP contribution is 2.23. The van der Waals surface area contributed by atoms with Crippen LogP contribution >= 0.6 is 0 Å². The molecule has 1 aromatic heterocycles. The Kier molecular flexibility index (Phi) is 3.78. The standard InChI is InChI=1S/C15H19N5/c16-6-7-17-14-9-15(19-11-18-14)20-8-5-12-3-1-2-4-13(12)10-20/h1-4,9,11H,5-8,10,16H2,(H,17,18,19). The van der Waals surface area contributed by atoms with Gasteiger partial charge < -0.3 is 16.0 Å². The van der Waals surface area contributed by atoms with Crippen LogP contribution < -0.4 is 16.0 Å². The number of nitrogens with two attached hydrogens (primary N) is 1. The number of hydrogen-bond acceptors (Lipinski definition) is 5. The fraction of sp³-hybridized carbons (Fsp3) is 0.333. The number of benzene rings is 1. The summed E-state index contributed by atoms with van der Waals surface area (Å²) in [4.78, 5) is 10.9. The highest BCUT2D eigenvalue weighted by Gasteiger charge is 2.17. The Bertz CT molecular complexity index is 584. The molecular weight excluding hydrogens is 250 g/mol. The van der Waals surface area contributed by atoms with E-state index < -0.39 is 0 Å². The topological polar surface area (TPSA) is 67.1 Å². The summed E-state index contributed by atoms with van der Waals surface area (Å²) >= 11 is 0. The molecule has 1 aromatic carbocycles. The second kappa shape index (κ2) is 5.88. The maximum Gasteiger partial charge on any atom is 0.134 e. The molecule has 0 unspecified atom stereocenters. The lowest BCUT2D eigenvalue weighted by atomic mass is 10.00. The third-order valence-corrected chi connectivity index (χ3v) is 3.56. The van der Waals surface area contributed by atoms with Crippen molar-refractivity contribution in [2.45, 2.75) is 13.0 Å². The summed E-state index contributed by atoms with van der Waals surface area (Å²) in [5, 5.41) is 3.19. The van der Waals surface area contributed by atoms with Crippen LogP contribution in [0.15, 0.2) is 36.7 Å². The Balaban J connectivity index is 1.77. The molecule has 0 spiro atoms. The van der Waals surface area contributed by atoms with Crippen LogP contribution in [-0.2, 0) is 13.0 Å². The smallest absolute Gasteiger partial charge is 0.134 e. The van der Waals surface area contributed by atoms with Crippen molar-refractivity contribution in [1.82, 2.24) is 9.97 Å². The maximum absolute atomic E-state index is 5.49. The summed E-state index contributed by atoms with van der Waals surface area (Å²) in [6.45, 7) is 3.21. The first-order chi connectivity index (χ1) is 9.86. The lowest BCUT2D eigenvalue weighted by Crippen LogP contribution is -2.31. The molecule has 2 heterocycles. The van der Waals surface area contributed by atoms with Crippen LogP contribution in [0, 0.1) is 0 Å². The van der Waals surface area contributed by atoms with Crippen molar-refractivity contribution < 1.29 is 0 Å². The van der Waals surface area contributed by atoms with E-state index in [-0.39, 0.29) is 0 Å². The third kappa shape index (κ3) is 2.72. The Morgan fingerprint density at radius 1 is 1.20 bits per heavy atom. The van der Waals surface area contributed by atoms with Gasteiger partial charge in [-0.3, -0.25) is 0 Å². The normalized spacial score (nSPS) is 13.9. The van der Waals surface area contributed by atoms with Gasteiger partial charge in [-0.2, -0.15) is 0 Å². The first-order valence-corrected chi connectivity index (χ1v) is 6.94. The van der Waals surface area contributed by atoms with E-state index in [1.165, 1.54) is 11.1 Å². The quantitative estimate of drug-likeness (QED) is 0.878. The minimum atomic E-state index is 0.594. The van der Waals surface area contributed by atoms with Gasteiger partial charge in [0.25, 0.3) is 0 Å².